The SMILES string of the molecule is CCCCN1C(=O)CC[C@H](C(=O)NCC(F)(F)CO)[C@H]1c1ccccc1OC. The summed E-state index contributed by atoms with van der Waals surface area (Å²) in [6, 6.07) is 6.54. The number of hydrogen-bond acceptors (Lipinski definition) is 4. The zero-order chi connectivity index (χ0) is 20.7. The molecular formula is C20H28F2N2O4. The van der Waals surface area contributed by atoms with Crippen LogP contribution in [0.2, 0.25) is 0 Å². The number of carbonyl (C=O) groups excluding carboxylic acids is 2. The van der Waals surface area contributed by atoms with Crippen molar-refractivity contribution in [1.82, 2.24) is 10.2 Å². The number of nitrogens with zero attached hydrogens (tertiary/aromatic N) is 1. The van der Waals surface area contributed by atoms with Crippen molar-refractivity contribution in [1.29, 1.82) is 0 Å². The third-order valence-corrected chi connectivity index (χ3v) is 5.01. The van der Waals surface area contributed by atoms with Gasteiger partial charge in [0.1, 0.15) is 12.4 Å². The number of unbranched alkanes of at least 4 members (excludes halogenated alkanes) is 1. The maximum absolute atomic E-state index is 13.4. The Bertz CT molecular complexity index is 684. The fourth-order valence-electron chi connectivity index (χ4n) is 3.52. The highest BCUT2D eigenvalue weighted by Gasteiger charge is 2.42. The van der Waals surface area contributed by atoms with E-state index in [4.69, 9.17) is 9.84 Å². The van der Waals surface area contributed by atoms with Crippen molar-refractivity contribution < 1.29 is 28.2 Å². The molecule has 2 amide bonds. The van der Waals surface area contributed by atoms with Crippen LogP contribution >= 0.6 is 0 Å². The van der Waals surface area contributed by atoms with Gasteiger partial charge in [-0.05, 0) is 18.9 Å². The summed E-state index contributed by atoms with van der Waals surface area (Å²) in [5, 5.41) is 11.0. The van der Waals surface area contributed by atoms with Crippen molar-refractivity contribution in [3.8, 4) is 5.75 Å². The molecule has 0 spiro atoms. The number of amides is 2. The minimum atomic E-state index is -3.39. The Morgan fingerprint density at radius 3 is 2.75 bits per heavy atom. The first-order valence-electron chi connectivity index (χ1n) is 9.53. The lowest BCUT2D eigenvalue weighted by Gasteiger charge is -2.41. The number of para-hydroxylation sites is 1. The fourth-order valence-corrected chi connectivity index (χ4v) is 3.52. The van der Waals surface area contributed by atoms with E-state index in [-0.39, 0.29) is 18.7 Å². The molecule has 1 aromatic rings. The molecule has 1 aliphatic heterocycles. The molecule has 28 heavy (non-hydrogen) atoms. The fraction of sp³-hybridized carbons (Fsp3) is 0.600. The van der Waals surface area contributed by atoms with Crippen LogP contribution in [0.3, 0.4) is 0 Å². The monoisotopic (exact) mass is 398 g/mol. The van der Waals surface area contributed by atoms with E-state index in [0.29, 0.717) is 17.9 Å². The van der Waals surface area contributed by atoms with Crippen molar-refractivity contribution in [2.75, 3.05) is 26.8 Å². The molecule has 0 saturated carbocycles. The second-order valence-electron chi connectivity index (χ2n) is 7.00. The van der Waals surface area contributed by atoms with Crippen molar-refractivity contribution in [3.05, 3.63) is 29.8 Å². The molecule has 1 aliphatic rings. The van der Waals surface area contributed by atoms with E-state index in [0.717, 1.165) is 12.8 Å². The van der Waals surface area contributed by atoms with Gasteiger partial charge in [-0.15, -0.1) is 0 Å². The molecule has 8 heteroatoms. The van der Waals surface area contributed by atoms with E-state index < -0.39 is 36.9 Å². The van der Waals surface area contributed by atoms with E-state index in [1.54, 1.807) is 29.2 Å². The summed E-state index contributed by atoms with van der Waals surface area (Å²) in [4.78, 5) is 27.0. The van der Waals surface area contributed by atoms with Gasteiger partial charge in [-0.1, -0.05) is 31.5 Å². The summed E-state index contributed by atoms with van der Waals surface area (Å²) in [5.74, 6) is -4.14. The molecule has 156 valence electrons. The summed E-state index contributed by atoms with van der Waals surface area (Å²) < 4.78 is 32.2. The summed E-state index contributed by atoms with van der Waals surface area (Å²) in [6.45, 7) is 0.206. The van der Waals surface area contributed by atoms with Gasteiger partial charge in [-0.2, -0.15) is 0 Å². The van der Waals surface area contributed by atoms with Crippen molar-refractivity contribution in [3.63, 3.8) is 0 Å². The number of aliphatic hydroxyl groups excluding tert-OH is 1. The highest BCUT2D eigenvalue weighted by molar-refractivity contribution is 5.85. The zero-order valence-electron chi connectivity index (χ0n) is 16.3. The van der Waals surface area contributed by atoms with Gasteiger partial charge in [0.05, 0.1) is 25.6 Å². The Labute approximate surface area is 163 Å². The van der Waals surface area contributed by atoms with E-state index in [1.807, 2.05) is 6.92 Å². The number of alkyl halides is 2. The van der Waals surface area contributed by atoms with Gasteiger partial charge >= 0.3 is 0 Å². The maximum Gasteiger partial charge on any atom is 0.287 e. The average Bonchev–Trinajstić information content (AvgIpc) is 2.71. The standard InChI is InChI=1S/C20H28F2N2O4/c1-3-4-11-24-17(26)10-9-15(19(27)23-12-20(21,22)13-25)18(24)14-7-5-6-8-16(14)28-2/h5-8,15,18,25H,3-4,9-13H2,1-2H3,(H,23,27)/t15-,18+/m0/s1. The molecule has 0 bridgehead atoms. The summed E-state index contributed by atoms with van der Waals surface area (Å²) in [5.41, 5.74) is 0.684. The Balaban J connectivity index is 2.35. The van der Waals surface area contributed by atoms with Crippen LogP contribution in [0.5, 0.6) is 5.75 Å². The number of rotatable bonds is 9. The third kappa shape index (κ3) is 5.19. The van der Waals surface area contributed by atoms with Gasteiger partial charge in [0.15, 0.2) is 0 Å². The molecule has 0 aromatic heterocycles. The van der Waals surface area contributed by atoms with Gasteiger partial charge in [-0.3, -0.25) is 9.59 Å². The number of halogens is 2. The van der Waals surface area contributed by atoms with Gasteiger partial charge in [-0.25, -0.2) is 8.78 Å². The second-order valence-corrected chi connectivity index (χ2v) is 7.00. The van der Waals surface area contributed by atoms with Crippen LogP contribution < -0.4 is 10.1 Å². The predicted molar refractivity (Wildman–Crippen MR) is 100 cm³/mol. The number of carbonyl (C=O) groups is 2. The molecule has 1 fully saturated rings. The number of nitrogens with one attached hydrogen (secondary N) is 1. The van der Waals surface area contributed by atoms with Gasteiger partial charge in [0, 0.05) is 18.5 Å². The van der Waals surface area contributed by atoms with Crippen LogP contribution in [0.15, 0.2) is 24.3 Å². The molecule has 0 aliphatic carbocycles. The van der Waals surface area contributed by atoms with Gasteiger partial charge in [0.2, 0.25) is 11.8 Å². The van der Waals surface area contributed by atoms with E-state index in [2.05, 4.69) is 5.32 Å². The molecular weight excluding hydrogens is 370 g/mol. The van der Waals surface area contributed by atoms with Crippen LogP contribution in [0.25, 0.3) is 0 Å². The number of ether oxygens (including phenoxy) is 1. The van der Waals surface area contributed by atoms with E-state index in [9.17, 15) is 18.4 Å². The van der Waals surface area contributed by atoms with Gasteiger partial charge in [0.25, 0.3) is 5.92 Å². The van der Waals surface area contributed by atoms with Crippen LogP contribution in [-0.2, 0) is 9.59 Å². The second kappa shape index (κ2) is 9.82. The van der Waals surface area contributed by atoms with Crippen LogP contribution in [0.4, 0.5) is 8.78 Å². The molecule has 2 atom stereocenters. The maximum atomic E-state index is 13.4. The van der Waals surface area contributed by atoms with Crippen LogP contribution in [0, 0.1) is 5.92 Å². The number of piperidine rings is 1. The molecule has 2 rings (SSSR count). The number of hydrogen-bond donors (Lipinski definition) is 2. The number of methoxy groups -OCH3 is 1. The lowest BCUT2D eigenvalue weighted by atomic mass is 9.83. The topological polar surface area (TPSA) is 78.9 Å². The minimum absolute atomic E-state index is 0.0610. The third-order valence-electron chi connectivity index (χ3n) is 5.01. The number of aliphatic hydroxyl groups is 1. The summed E-state index contributed by atoms with van der Waals surface area (Å²) in [7, 11) is 1.51. The van der Waals surface area contributed by atoms with Crippen LogP contribution in [-0.4, -0.2) is 54.5 Å². The quantitative estimate of drug-likeness (QED) is 0.670. The lowest BCUT2D eigenvalue weighted by Crippen LogP contribution is -2.50. The lowest BCUT2D eigenvalue weighted by molar-refractivity contribution is -0.144. The Morgan fingerprint density at radius 1 is 1.39 bits per heavy atom. The van der Waals surface area contributed by atoms with Gasteiger partial charge < -0.3 is 20.1 Å². The summed E-state index contributed by atoms with van der Waals surface area (Å²) >= 11 is 0. The smallest absolute Gasteiger partial charge is 0.287 e. The molecule has 0 unspecified atom stereocenters. The normalized spacial score (nSPS) is 20.2. The first-order chi connectivity index (χ1) is 13.3. The van der Waals surface area contributed by atoms with E-state index in [1.165, 1.54) is 7.11 Å². The Morgan fingerprint density at radius 2 is 2.11 bits per heavy atom. The highest BCUT2D eigenvalue weighted by Crippen LogP contribution is 2.40. The molecule has 1 aromatic carbocycles. The predicted octanol–water partition coefficient (Wildman–Crippen LogP) is 2.52. The van der Waals surface area contributed by atoms with Crippen molar-refractivity contribution in [2.24, 2.45) is 5.92 Å². The zero-order valence-corrected chi connectivity index (χ0v) is 16.3. The highest BCUT2D eigenvalue weighted by atomic mass is 19.3. The molecule has 6 nitrogen and oxygen atoms in total. The Hall–Kier alpha value is -2.22. The van der Waals surface area contributed by atoms with Crippen molar-refractivity contribution in [2.45, 2.75) is 44.6 Å². The van der Waals surface area contributed by atoms with Crippen molar-refractivity contribution >= 4 is 11.8 Å². The Kier molecular flexibility index (Phi) is 7.74. The number of likely N-dealkylation sites (tertiary alicyclic amines) is 1. The largest absolute Gasteiger partial charge is 0.496 e. The first kappa shape index (κ1) is 22.1. The average molecular weight is 398 g/mol. The van der Waals surface area contributed by atoms with Crippen LogP contribution in [0.1, 0.15) is 44.2 Å². The molecule has 1 heterocycles. The number of benzene rings is 1. The first-order valence-corrected chi connectivity index (χ1v) is 9.53. The van der Waals surface area contributed by atoms with E-state index >= 15 is 0 Å². The molecule has 0 radical (unpaired) electrons. The molecule has 1 saturated heterocycles. The molecule has 2 N–H and O–H groups in total. The summed E-state index contributed by atoms with van der Waals surface area (Å²) in [6.07, 6.45) is 2.10. The minimum Gasteiger partial charge on any atom is -0.496 e.